The summed E-state index contributed by atoms with van der Waals surface area (Å²) < 4.78 is 5.93. The molecule has 0 radical (unpaired) electrons. The van der Waals surface area contributed by atoms with Gasteiger partial charge in [0.1, 0.15) is 5.69 Å². The molecule has 0 unspecified atom stereocenters. The highest BCUT2D eigenvalue weighted by molar-refractivity contribution is 6.13. The molecule has 0 amide bonds. The molecule has 2 heterocycles. The maximum absolute atomic E-state index is 10.9. The third kappa shape index (κ3) is 0.633. The van der Waals surface area contributed by atoms with Crippen molar-refractivity contribution in [2.75, 3.05) is 0 Å². The topological polar surface area (TPSA) is 48.3 Å². The summed E-state index contributed by atoms with van der Waals surface area (Å²) in [4.78, 5) is 21.7. The number of esters is 2. The molecule has 0 N–H and O–H groups in total. The molecular formula is C7H5NO3. The summed E-state index contributed by atoms with van der Waals surface area (Å²) in [6, 6.07) is 1.57. The van der Waals surface area contributed by atoms with Crippen LogP contribution >= 0.6 is 0 Å². The first kappa shape index (κ1) is 6.15. The number of ether oxygens (including phenoxy) is 1. The van der Waals surface area contributed by atoms with Gasteiger partial charge >= 0.3 is 11.9 Å². The van der Waals surface area contributed by atoms with E-state index in [2.05, 4.69) is 4.74 Å². The molecule has 11 heavy (non-hydrogen) atoms. The largest absolute Gasteiger partial charge is 0.385 e. The summed E-state index contributed by atoms with van der Waals surface area (Å²) in [5.74, 6) is -1.11. The minimum atomic E-state index is -0.558. The fourth-order valence-corrected chi connectivity index (χ4v) is 1.14. The van der Waals surface area contributed by atoms with E-state index in [4.69, 9.17) is 0 Å². The van der Waals surface area contributed by atoms with Crippen LogP contribution in [0.3, 0.4) is 0 Å². The molecule has 0 spiro atoms. The average Bonchev–Trinajstić information content (AvgIpc) is 2.41. The fraction of sp³-hybridized carbons (Fsp3) is 0.143. The lowest BCUT2D eigenvalue weighted by molar-refractivity contribution is 0.0439. The van der Waals surface area contributed by atoms with Crippen molar-refractivity contribution >= 4 is 11.9 Å². The Morgan fingerprint density at radius 1 is 1.36 bits per heavy atom. The summed E-state index contributed by atoms with van der Waals surface area (Å²) in [5, 5.41) is 0. The van der Waals surface area contributed by atoms with Crippen LogP contribution in [0.4, 0.5) is 0 Å². The Balaban J connectivity index is 2.72. The average molecular weight is 151 g/mol. The number of fused-ring (bicyclic) bond motifs is 1. The Morgan fingerprint density at radius 3 is 2.73 bits per heavy atom. The van der Waals surface area contributed by atoms with Gasteiger partial charge in [0.15, 0.2) is 0 Å². The van der Waals surface area contributed by atoms with Crippen molar-refractivity contribution in [3.8, 4) is 0 Å². The molecule has 0 atom stereocenters. The molecule has 4 nitrogen and oxygen atoms in total. The fourth-order valence-electron chi connectivity index (χ4n) is 1.14. The number of nitrogens with zero attached hydrogens (tertiary/aromatic N) is 1. The van der Waals surface area contributed by atoms with E-state index in [9.17, 15) is 9.59 Å². The highest BCUT2D eigenvalue weighted by Gasteiger charge is 2.32. The quantitative estimate of drug-likeness (QED) is 0.396. The zero-order chi connectivity index (χ0) is 8.01. The number of aryl methyl sites for hydroxylation is 1. The van der Waals surface area contributed by atoms with Crippen LogP contribution in [0.25, 0.3) is 0 Å². The maximum atomic E-state index is 10.9. The van der Waals surface area contributed by atoms with Gasteiger partial charge in [-0.15, -0.1) is 0 Å². The van der Waals surface area contributed by atoms with Gasteiger partial charge in [-0.05, 0) is 6.07 Å². The van der Waals surface area contributed by atoms with Crippen molar-refractivity contribution in [1.82, 2.24) is 4.57 Å². The first-order valence-electron chi connectivity index (χ1n) is 3.12. The van der Waals surface area contributed by atoms with Crippen LogP contribution in [-0.4, -0.2) is 16.5 Å². The van der Waals surface area contributed by atoms with E-state index >= 15 is 0 Å². The summed E-state index contributed by atoms with van der Waals surface area (Å²) in [6.45, 7) is 0. The molecule has 0 fully saturated rings. The third-order valence-electron chi connectivity index (χ3n) is 1.67. The van der Waals surface area contributed by atoms with Gasteiger partial charge in [0.05, 0.1) is 5.56 Å². The number of rotatable bonds is 0. The first-order chi connectivity index (χ1) is 5.20. The van der Waals surface area contributed by atoms with Gasteiger partial charge in [0.2, 0.25) is 0 Å². The molecule has 1 aliphatic heterocycles. The summed E-state index contributed by atoms with van der Waals surface area (Å²) in [6.07, 6.45) is 1.66. The zero-order valence-corrected chi connectivity index (χ0v) is 5.83. The molecule has 1 aliphatic rings. The zero-order valence-electron chi connectivity index (χ0n) is 5.83. The van der Waals surface area contributed by atoms with Crippen LogP contribution in [0, 0.1) is 0 Å². The predicted molar refractivity (Wildman–Crippen MR) is 35.2 cm³/mol. The first-order valence-corrected chi connectivity index (χ1v) is 3.12. The van der Waals surface area contributed by atoms with E-state index in [1.807, 2.05) is 0 Å². The monoisotopic (exact) mass is 151 g/mol. The number of hydrogen-bond acceptors (Lipinski definition) is 3. The van der Waals surface area contributed by atoms with Crippen molar-refractivity contribution in [1.29, 1.82) is 0 Å². The number of carbonyl (C=O) groups is 2. The van der Waals surface area contributed by atoms with Gasteiger partial charge in [-0.25, -0.2) is 9.59 Å². The number of aromatic nitrogens is 1. The van der Waals surface area contributed by atoms with Crippen LogP contribution in [0.1, 0.15) is 20.8 Å². The van der Waals surface area contributed by atoms with E-state index in [0.717, 1.165) is 0 Å². The lowest BCUT2D eigenvalue weighted by Gasteiger charge is -1.92. The molecule has 0 saturated heterocycles. The SMILES string of the molecule is Cn1ccc2c1C(=O)OC2=O. The van der Waals surface area contributed by atoms with Gasteiger partial charge in [-0.3, -0.25) is 0 Å². The molecule has 56 valence electrons. The maximum Gasteiger partial charge on any atom is 0.363 e. The minimum absolute atomic E-state index is 0.343. The van der Waals surface area contributed by atoms with E-state index in [1.165, 1.54) is 0 Å². The van der Waals surface area contributed by atoms with E-state index < -0.39 is 11.9 Å². The smallest absolute Gasteiger partial charge is 0.363 e. The lowest BCUT2D eigenvalue weighted by atomic mass is 10.3. The third-order valence-corrected chi connectivity index (χ3v) is 1.67. The Hall–Kier alpha value is -1.58. The molecule has 0 saturated carbocycles. The van der Waals surface area contributed by atoms with Crippen LogP contribution < -0.4 is 0 Å². The van der Waals surface area contributed by atoms with Crippen molar-refractivity contribution in [3.05, 3.63) is 23.5 Å². The molecule has 0 aliphatic carbocycles. The van der Waals surface area contributed by atoms with Crippen molar-refractivity contribution < 1.29 is 14.3 Å². The van der Waals surface area contributed by atoms with Crippen molar-refractivity contribution in [2.45, 2.75) is 0 Å². The molecule has 0 aromatic carbocycles. The Bertz CT molecular complexity index is 351. The van der Waals surface area contributed by atoms with Crippen molar-refractivity contribution in [3.63, 3.8) is 0 Å². The molecule has 4 heteroatoms. The predicted octanol–water partition coefficient (Wildman–Crippen LogP) is 0.336. The number of carbonyl (C=O) groups excluding carboxylic acids is 2. The minimum Gasteiger partial charge on any atom is -0.385 e. The van der Waals surface area contributed by atoms with E-state index in [-0.39, 0.29) is 0 Å². The van der Waals surface area contributed by atoms with Crippen LogP contribution in [0.5, 0.6) is 0 Å². The van der Waals surface area contributed by atoms with Crippen molar-refractivity contribution in [2.24, 2.45) is 7.05 Å². The highest BCUT2D eigenvalue weighted by atomic mass is 16.6. The highest BCUT2D eigenvalue weighted by Crippen LogP contribution is 2.19. The standard InChI is InChI=1S/C7H5NO3/c1-8-3-2-4-5(8)7(10)11-6(4)9/h2-3H,1H3. The van der Waals surface area contributed by atoms with Gasteiger partial charge < -0.3 is 9.30 Å². The van der Waals surface area contributed by atoms with E-state index in [1.54, 1.807) is 23.9 Å². The Labute approximate surface area is 62.4 Å². The van der Waals surface area contributed by atoms with Crippen LogP contribution in [-0.2, 0) is 11.8 Å². The van der Waals surface area contributed by atoms with Crippen LogP contribution in [0.15, 0.2) is 12.3 Å². The summed E-state index contributed by atoms with van der Waals surface area (Å²) in [7, 11) is 1.69. The second kappa shape index (κ2) is 1.72. The normalized spacial score (nSPS) is 15.0. The van der Waals surface area contributed by atoms with Gasteiger partial charge in [0.25, 0.3) is 0 Å². The van der Waals surface area contributed by atoms with Gasteiger partial charge in [0, 0.05) is 13.2 Å². The molecular weight excluding hydrogens is 146 g/mol. The second-order valence-corrected chi connectivity index (χ2v) is 2.37. The Kier molecular flexibility index (Phi) is 0.961. The number of cyclic esters (lactones) is 2. The van der Waals surface area contributed by atoms with Gasteiger partial charge in [-0.1, -0.05) is 0 Å². The lowest BCUT2D eigenvalue weighted by Crippen LogP contribution is -2.03. The summed E-state index contributed by atoms with van der Waals surface area (Å²) in [5.41, 5.74) is 0.701. The van der Waals surface area contributed by atoms with Gasteiger partial charge in [-0.2, -0.15) is 0 Å². The van der Waals surface area contributed by atoms with Crippen LogP contribution in [0.2, 0.25) is 0 Å². The summed E-state index contributed by atoms with van der Waals surface area (Å²) >= 11 is 0. The van der Waals surface area contributed by atoms with E-state index in [0.29, 0.717) is 11.3 Å². The molecule has 2 rings (SSSR count). The molecule has 0 bridgehead atoms. The second-order valence-electron chi connectivity index (χ2n) is 2.37. The molecule has 1 aromatic heterocycles. The number of hydrogen-bond donors (Lipinski definition) is 0. The Morgan fingerprint density at radius 2 is 2.09 bits per heavy atom. The molecule has 1 aromatic rings.